The number of phenols is 1. The lowest BCUT2D eigenvalue weighted by molar-refractivity contribution is 0.0951. The molecule has 0 spiro atoms. The minimum absolute atomic E-state index is 0.148. The van der Waals surface area contributed by atoms with Crippen LogP contribution in [0.25, 0.3) is 0 Å². The number of aryl methyl sites for hydroxylation is 1. The van der Waals surface area contributed by atoms with E-state index < -0.39 is 0 Å². The summed E-state index contributed by atoms with van der Waals surface area (Å²) < 4.78 is 1.77. The van der Waals surface area contributed by atoms with Gasteiger partial charge in [-0.25, -0.2) is 0 Å². The molecular weight excluding hydrogens is 230 g/mol. The zero-order valence-electron chi connectivity index (χ0n) is 10.3. The number of aromatic nitrogens is 2. The number of aromatic hydroxyl groups is 1. The van der Waals surface area contributed by atoms with Crippen LogP contribution < -0.4 is 5.32 Å². The molecule has 5 nitrogen and oxygen atoms in total. The molecule has 2 rings (SSSR count). The standard InChI is InChI=1S/C13H15N3O2/c1-9-11(8-15-16(9)2)7-14-13(18)10-3-5-12(17)6-4-10/h3-6,8,17H,7H2,1-2H3,(H,14,18). The van der Waals surface area contributed by atoms with Crippen molar-refractivity contribution >= 4 is 5.91 Å². The van der Waals surface area contributed by atoms with E-state index in [4.69, 9.17) is 5.11 Å². The second-order valence-electron chi connectivity index (χ2n) is 4.11. The van der Waals surface area contributed by atoms with E-state index >= 15 is 0 Å². The molecule has 0 saturated carbocycles. The summed E-state index contributed by atoms with van der Waals surface area (Å²) in [6, 6.07) is 6.15. The van der Waals surface area contributed by atoms with Crippen molar-refractivity contribution in [3.05, 3.63) is 47.3 Å². The average Bonchev–Trinajstić information content (AvgIpc) is 2.68. The number of hydrogen-bond acceptors (Lipinski definition) is 3. The topological polar surface area (TPSA) is 67.2 Å². The summed E-state index contributed by atoms with van der Waals surface area (Å²) in [5.74, 6) is -0.0205. The maximum absolute atomic E-state index is 11.8. The van der Waals surface area contributed by atoms with E-state index in [-0.39, 0.29) is 11.7 Å². The highest BCUT2D eigenvalue weighted by atomic mass is 16.3. The van der Waals surface area contributed by atoms with Crippen LogP contribution in [0.2, 0.25) is 0 Å². The van der Waals surface area contributed by atoms with E-state index in [0.717, 1.165) is 11.3 Å². The molecule has 1 amide bonds. The lowest BCUT2D eigenvalue weighted by Gasteiger charge is -2.05. The first-order valence-electron chi connectivity index (χ1n) is 5.62. The maximum Gasteiger partial charge on any atom is 0.251 e. The van der Waals surface area contributed by atoms with Gasteiger partial charge < -0.3 is 10.4 Å². The first-order chi connectivity index (χ1) is 8.58. The van der Waals surface area contributed by atoms with Crippen molar-refractivity contribution in [2.75, 3.05) is 0 Å². The second-order valence-corrected chi connectivity index (χ2v) is 4.11. The molecule has 18 heavy (non-hydrogen) atoms. The number of benzene rings is 1. The van der Waals surface area contributed by atoms with E-state index in [1.807, 2.05) is 14.0 Å². The fraction of sp³-hybridized carbons (Fsp3) is 0.231. The molecule has 2 N–H and O–H groups in total. The summed E-state index contributed by atoms with van der Waals surface area (Å²) in [5, 5.41) is 16.1. The zero-order valence-corrected chi connectivity index (χ0v) is 10.3. The Morgan fingerprint density at radius 1 is 1.39 bits per heavy atom. The zero-order chi connectivity index (χ0) is 13.1. The number of nitrogens with one attached hydrogen (secondary N) is 1. The van der Waals surface area contributed by atoms with Crippen LogP contribution in [0.3, 0.4) is 0 Å². The maximum atomic E-state index is 11.8. The van der Waals surface area contributed by atoms with E-state index in [1.165, 1.54) is 12.1 Å². The highest BCUT2D eigenvalue weighted by Gasteiger charge is 2.08. The Morgan fingerprint density at radius 2 is 2.06 bits per heavy atom. The Morgan fingerprint density at radius 3 is 2.61 bits per heavy atom. The lowest BCUT2D eigenvalue weighted by atomic mass is 10.2. The average molecular weight is 245 g/mol. The molecule has 0 atom stereocenters. The van der Waals surface area contributed by atoms with Crippen LogP contribution in [0.1, 0.15) is 21.6 Å². The number of nitrogens with zero attached hydrogens (tertiary/aromatic N) is 2. The van der Waals surface area contributed by atoms with Gasteiger partial charge in [0.15, 0.2) is 0 Å². The molecule has 0 bridgehead atoms. The second kappa shape index (κ2) is 4.91. The predicted molar refractivity (Wildman–Crippen MR) is 67.2 cm³/mol. The van der Waals surface area contributed by atoms with Gasteiger partial charge in [-0.15, -0.1) is 0 Å². The third-order valence-electron chi connectivity index (χ3n) is 2.91. The Hall–Kier alpha value is -2.30. The molecule has 94 valence electrons. The van der Waals surface area contributed by atoms with Gasteiger partial charge in [0.2, 0.25) is 0 Å². The monoisotopic (exact) mass is 245 g/mol. The summed E-state index contributed by atoms with van der Waals surface area (Å²) in [7, 11) is 1.86. The minimum atomic E-state index is -0.168. The van der Waals surface area contributed by atoms with Gasteiger partial charge in [0.25, 0.3) is 5.91 Å². The molecule has 2 aromatic rings. The molecule has 0 aliphatic carbocycles. The van der Waals surface area contributed by atoms with E-state index in [1.54, 1.807) is 23.0 Å². The van der Waals surface area contributed by atoms with Crippen LogP contribution in [-0.4, -0.2) is 20.8 Å². The number of amides is 1. The van der Waals surface area contributed by atoms with Gasteiger partial charge in [0, 0.05) is 30.4 Å². The van der Waals surface area contributed by atoms with Gasteiger partial charge in [-0.3, -0.25) is 9.48 Å². The summed E-state index contributed by atoms with van der Waals surface area (Å²) in [6.07, 6.45) is 1.74. The fourth-order valence-corrected chi connectivity index (χ4v) is 1.61. The number of phenolic OH excluding ortho intramolecular Hbond substituents is 1. The van der Waals surface area contributed by atoms with Crippen molar-refractivity contribution in [3.63, 3.8) is 0 Å². The Kier molecular flexibility index (Phi) is 3.32. The van der Waals surface area contributed by atoms with Crippen molar-refractivity contribution in [1.29, 1.82) is 0 Å². The first kappa shape index (κ1) is 12.2. The predicted octanol–water partition coefficient (Wildman–Crippen LogP) is 1.36. The molecule has 0 radical (unpaired) electrons. The molecule has 0 fully saturated rings. The largest absolute Gasteiger partial charge is 0.508 e. The van der Waals surface area contributed by atoms with Gasteiger partial charge in [0.05, 0.1) is 6.20 Å². The van der Waals surface area contributed by atoms with Crippen molar-refractivity contribution in [1.82, 2.24) is 15.1 Å². The lowest BCUT2D eigenvalue weighted by Crippen LogP contribution is -2.22. The first-order valence-corrected chi connectivity index (χ1v) is 5.62. The third-order valence-corrected chi connectivity index (χ3v) is 2.91. The van der Waals surface area contributed by atoms with Crippen LogP contribution in [0, 0.1) is 6.92 Å². The van der Waals surface area contributed by atoms with Crippen LogP contribution >= 0.6 is 0 Å². The summed E-state index contributed by atoms with van der Waals surface area (Å²) in [6.45, 7) is 2.40. The Bertz CT molecular complexity index is 558. The molecule has 1 heterocycles. The van der Waals surface area contributed by atoms with E-state index in [0.29, 0.717) is 12.1 Å². The minimum Gasteiger partial charge on any atom is -0.508 e. The molecule has 0 saturated heterocycles. The van der Waals surface area contributed by atoms with Gasteiger partial charge in [-0.2, -0.15) is 5.10 Å². The summed E-state index contributed by atoms with van der Waals surface area (Å²) in [4.78, 5) is 11.8. The summed E-state index contributed by atoms with van der Waals surface area (Å²) in [5.41, 5.74) is 2.54. The van der Waals surface area contributed by atoms with Crippen molar-refractivity contribution in [3.8, 4) is 5.75 Å². The molecule has 1 aromatic carbocycles. The number of carbonyl (C=O) groups is 1. The smallest absolute Gasteiger partial charge is 0.251 e. The van der Waals surface area contributed by atoms with Gasteiger partial charge in [-0.1, -0.05) is 0 Å². The van der Waals surface area contributed by atoms with Crippen molar-refractivity contribution in [2.45, 2.75) is 13.5 Å². The Labute approximate surface area is 105 Å². The molecule has 0 aliphatic rings. The third kappa shape index (κ3) is 2.51. The number of carbonyl (C=O) groups excluding carboxylic acids is 1. The molecule has 1 aromatic heterocycles. The normalized spacial score (nSPS) is 10.3. The van der Waals surface area contributed by atoms with Crippen molar-refractivity contribution < 1.29 is 9.90 Å². The van der Waals surface area contributed by atoms with Crippen molar-refractivity contribution in [2.24, 2.45) is 7.05 Å². The van der Waals surface area contributed by atoms with Gasteiger partial charge >= 0.3 is 0 Å². The van der Waals surface area contributed by atoms with Gasteiger partial charge in [0.1, 0.15) is 5.75 Å². The highest BCUT2D eigenvalue weighted by molar-refractivity contribution is 5.94. The summed E-state index contributed by atoms with van der Waals surface area (Å²) >= 11 is 0. The fourth-order valence-electron chi connectivity index (χ4n) is 1.61. The van der Waals surface area contributed by atoms with E-state index in [9.17, 15) is 4.79 Å². The SMILES string of the molecule is Cc1c(CNC(=O)c2ccc(O)cc2)cnn1C. The van der Waals surface area contributed by atoms with Crippen LogP contribution in [0.15, 0.2) is 30.5 Å². The molecule has 0 aliphatic heterocycles. The quantitative estimate of drug-likeness (QED) is 0.858. The number of rotatable bonds is 3. The van der Waals surface area contributed by atoms with Crippen LogP contribution in [0.5, 0.6) is 5.75 Å². The molecule has 0 unspecified atom stereocenters. The van der Waals surface area contributed by atoms with Crippen LogP contribution in [-0.2, 0) is 13.6 Å². The molecule has 5 heteroatoms. The van der Waals surface area contributed by atoms with Crippen LogP contribution in [0.4, 0.5) is 0 Å². The van der Waals surface area contributed by atoms with E-state index in [2.05, 4.69) is 10.4 Å². The highest BCUT2D eigenvalue weighted by Crippen LogP contribution is 2.10. The van der Waals surface area contributed by atoms with Gasteiger partial charge in [-0.05, 0) is 31.2 Å². The molecular formula is C13H15N3O2. The Balaban J connectivity index is 2.00. The number of hydrogen-bond donors (Lipinski definition) is 2.